The molecule has 0 aromatic heterocycles. The molecule has 2 atom stereocenters. The molecule has 2 saturated carbocycles. The van der Waals surface area contributed by atoms with Gasteiger partial charge in [-0.3, -0.25) is 0 Å². The highest BCUT2D eigenvalue weighted by Gasteiger charge is 2.34. The summed E-state index contributed by atoms with van der Waals surface area (Å²) in [5.74, 6) is 2.03. The summed E-state index contributed by atoms with van der Waals surface area (Å²) < 4.78 is 5.36. The highest BCUT2D eigenvalue weighted by Crippen LogP contribution is 2.43. The van der Waals surface area contributed by atoms with Gasteiger partial charge in [0, 0.05) is 19.6 Å². The van der Waals surface area contributed by atoms with Crippen LogP contribution in [0, 0.1) is 11.8 Å². The van der Waals surface area contributed by atoms with Gasteiger partial charge < -0.3 is 15.0 Å². The van der Waals surface area contributed by atoms with E-state index in [2.05, 4.69) is 5.32 Å². The van der Waals surface area contributed by atoms with Crippen molar-refractivity contribution in [3.8, 4) is 0 Å². The molecule has 22 heavy (non-hydrogen) atoms. The number of hydrogen-bond acceptors (Lipinski definition) is 3. The molecule has 0 spiro atoms. The molecular formula is C18H34N2O2. The van der Waals surface area contributed by atoms with E-state index in [-0.39, 0.29) is 6.09 Å². The number of nitrogens with one attached hydrogen (secondary N) is 1. The largest absolute Gasteiger partial charge is 0.444 e. The lowest BCUT2D eigenvalue weighted by Gasteiger charge is -2.30. The molecule has 0 radical (unpaired) electrons. The molecule has 0 bridgehead atoms. The SMILES string of the molecule is CN(CCCNC1CCCC(C2CC2)C1)C(=O)OC(C)(C)C. The van der Waals surface area contributed by atoms with Crippen molar-refractivity contribution in [2.45, 2.75) is 77.4 Å². The summed E-state index contributed by atoms with van der Waals surface area (Å²) in [4.78, 5) is 13.5. The molecule has 0 aromatic rings. The van der Waals surface area contributed by atoms with E-state index in [1.807, 2.05) is 27.8 Å². The van der Waals surface area contributed by atoms with E-state index in [4.69, 9.17) is 4.74 Å². The average Bonchev–Trinajstić information content (AvgIpc) is 3.26. The summed E-state index contributed by atoms with van der Waals surface area (Å²) >= 11 is 0. The van der Waals surface area contributed by atoms with Gasteiger partial charge in [-0.1, -0.05) is 12.8 Å². The standard InChI is InChI=1S/C18H34N2O2/c1-18(2,3)22-17(21)20(4)12-6-11-19-16-8-5-7-15(13-16)14-9-10-14/h14-16,19H,5-13H2,1-4H3. The van der Waals surface area contributed by atoms with Crippen LogP contribution in [-0.2, 0) is 4.74 Å². The first-order valence-corrected chi connectivity index (χ1v) is 9.02. The maximum Gasteiger partial charge on any atom is 0.410 e. The number of amides is 1. The van der Waals surface area contributed by atoms with Gasteiger partial charge >= 0.3 is 6.09 Å². The molecule has 0 saturated heterocycles. The smallest absolute Gasteiger partial charge is 0.410 e. The minimum atomic E-state index is -0.413. The molecule has 0 aliphatic heterocycles. The van der Waals surface area contributed by atoms with E-state index < -0.39 is 5.60 Å². The Hall–Kier alpha value is -0.770. The minimum Gasteiger partial charge on any atom is -0.444 e. The lowest BCUT2D eigenvalue weighted by atomic mass is 9.83. The van der Waals surface area contributed by atoms with Gasteiger partial charge in [0.2, 0.25) is 0 Å². The molecule has 2 fully saturated rings. The topological polar surface area (TPSA) is 41.6 Å². The minimum absolute atomic E-state index is 0.223. The van der Waals surface area contributed by atoms with E-state index in [1.165, 1.54) is 38.5 Å². The van der Waals surface area contributed by atoms with Gasteiger partial charge in [0.1, 0.15) is 5.60 Å². The fraction of sp³-hybridized carbons (Fsp3) is 0.944. The van der Waals surface area contributed by atoms with Gasteiger partial charge in [-0.2, -0.15) is 0 Å². The van der Waals surface area contributed by atoms with Gasteiger partial charge in [0.15, 0.2) is 0 Å². The molecule has 1 N–H and O–H groups in total. The monoisotopic (exact) mass is 310 g/mol. The summed E-state index contributed by atoms with van der Waals surface area (Å²) in [6.07, 6.45) is 9.23. The predicted octanol–water partition coefficient (Wildman–Crippen LogP) is 3.80. The summed E-state index contributed by atoms with van der Waals surface area (Å²) in [5.41, 5.74) is -0.413. The van der Waals surface area contributed by atoms with Gasteiger partial charge in [-0.05, 0) is 71.3 Å². The van der Waals surface area contributed by atoms with E-state index in [0.717, 1.165) is 31.3 Å². The Morgan fingerprint density at radius 2 is 1.91 bits per heavy atom. The van der Waals surface area contributed by atoms with Crippen LogP contribution in [0.2, 0.25) is 0 Å². The van der Waals surface area contributed by atoms with E-state index in [0.29, 0.717) is 6.04 Å². The third-order valence-corrected chi connectivity index (χ3v) is 4.81. The normalized spacial score (nSPS) is 25.8. The molecule has 2 unspecified atom stereocenters. The molecule has 2 rings (SSSR count). The zero-order valence-electron chi connectivity index (χ0n) is 14.9. The van der Waals surface area contributed by atoms with Gasteiger partial charge in [-0.15, -0.1) is 0 Å². The molecule has 128 valence electrons. The Morgan fingerprint density at radius 1 is 1.18 bits per heavy atom. The molecule has 4 heteroatoms. The van der Waals surface area contributed by atoms with E-state index >= 15 is 0 Å². The van der Waals surface area contributed by atoms with Crippen LogP contribution < -0.4 is 5.32 Å². The quantitative estimate of drug-likeness (QED) is 0.759. The Labute approximate surface area is 136 Å². The van der Waals surface area contributed by atoms with Crippen molar-refractivity contribution in [3.05, 3.63) is 0 Å². The van der Waals surface area contributed by atoms with Crippen LogP contribution >= 0.6 is 0 Å². The van der Waals surface area contributed by atoms with Crippen LogP contribution in [0.1, 0.15) is 65.7 Å². The third-order valence-electron chi connectivity index (χ3n) is 4.81. The highest BCUT2D eigenvalue weighted by atomic mass is 16.6. The van der Waals surface area contributed by atoms with Crippen molar-refractivity contribution in [2.75, 3.05) is 20.1 Å². The number of hydrogen-bond donors (Lipinski definition) is 1. The first-order valence-electron chi connectivity index (χ1n) is 9.02. The van der Waals surface area contributed by atoms with Gasteiger partial charge in [0.25, 0.3) is 0 Å². The van der Waals surface area contributed by atoms with Gasteiger partial charge in [-0.25, -0.2) is 4.79 Å². The molecular weight excluding hydrogens is 276 g/mol. The summed E-state index contributed by atoms with van der Waals surface area (Å²) in [6.45, 7) is 7.45. The van der Waals surface area contributed by atoms with E-state index in [1.54, 1.807) is 4.90 Å². The first-order chi connectivity index (χ1) is 10.3. The zero-order valence-corrected chi connectivity index (χ0v) is 14.9. The predicted molar refractivity (Wildman–Crippen MR) is 90.0 cm³/mol. The van der Waals surface area contributed by atoms with Crippen LogP contribution in [0.5, 0.6) is 0 Å². The maximum atomic E-state index is 11.9. The van der Waals surface area contributed by atoms with E-state index in [9.17, 15) is 4.79 Å². The lowest BCUT2D eigenvalue weighted by Crippen LogP contribution is -2.38. The second kappa shape index (κ2) is 7.67. The molecule has 0 heterocycles. The summed E-state index contributed by atoms with van der Waals surface area (Å²) in [7, 11) is 1.82. The average molecular weight is 310 g/mol. The van der Waals surface area contributed by atoms with Crippen LogP contribution in [0.25, 0.3) is 0 Å². The third kappa shape index (κ3) is 6.15. The van der Waals surface area contributed by atoms with Crippen molar-refractivity contribution < 1.29 is 9.53 Å². The molecule has 1 amide bonds. The molecule has 4 nitrogen and oxygen atoms in total. The molecule has 0 aromatic carbocycles. The Morgan fingerprint density at radius 3 is 2.55 bits per heavy atom. The summed E-state index contributed by atoms with van der Waals surface area (Å²) in [5, 5.41) is 3.70. The number of carbonyl (C=O) groups excluding carboxylic acids is 1. The fourth-order valence-electron chi connectivity index (χ4n) is 3.46. The van der Waals surface area contributed by atoms with Crippen LogP contribution in [0.15, 0.2) is 0 Å². The lowest BCUT2D eigenvalue weighted by molar-refractivity contribution is 0.0297. The van der Waals surface area contributed by atoms with Crippen LogP contribution in [0.3, 0.4) is 0 Å². The van der Waals surface area contributed by atoms with Crippen molar-refractivity contribution in [2.24, 2.45) is 11.8 Å². The fourth-order valence-corrected chi connectivity index (χ4v) is 3.46. The Balaban J connectivity index is 1.57. The second-order valence-corrected chi connectivity index (χ2v) is 8.17. The van der Waals surface area contributed by atoms with Gasteiger partial charge in [0.05, 0.1) is 0 Å². The van der Waals surface area contributed by atoms with Crippen molar-refractivity contribution in [3.63, 3.8) is 0 Å². The Kier molecular flexibility index (Phi) is 6.13. The maximum absolute atomic E-state index is 11.9. The van der Waals surface area contributed by atoms with Crippen molar-refractivity contribution >= 4 is 6.09 Å². The number of rotatable bonds is 6. The number of nitrogens with zero attached hydrogens (tertiary/aromatic N) is 1. The zero-order chi connectivity index (χ0) is 16.2. The molecule has 2 aliphatic carbocycles. The summed E-state index contributed by atoms with van der Waals surface area (Å²) in [6, 6.07) is 0.700. The van der Waals surface area contributed by atoms with Crippen LogP contribution in [-0.4, -0.2) is 42.8 Å². The first kappa shape index (κ1) is 17.6. The van der Waals surface area contributed by atoms with Crippen molar-refractivity contribution in [1.29, 1.82) is 0 Å². The van der Waals surface area contributed by atoms with Crippen LogP contribution in [0.4, 0.5) is 4.79 Å². The number of carbonyl (C=O) groups is 1. The Bertz CT molecular complexity index is 361. The molecule has 2 aliphatic rings. The number of ether oxygens (including phenoxy) is 1. The van der Waals surface area contributed by atoms with Crippen molar-refractivity contribution in [1.82, 2.24) is 10.2 Å². The second-order valence-electron chi connectivity index (χ2n) is 8.17. The highest BCUT2D eigenvalue weighted by molar-refractivity contribution is 5.67.